The molecule has 1 amide bonds. The molecule has 1 aromatic carbocycles. The third kappa shape index (κ3) is 3.45. The maximum Gasteiger partial charge on any atom is 0.268 e. The van der Waals surface area contributed by atoms with Gasteiger partial charge in [-0.2, -0.15) is 0 Å². The van der Waals surface area contributed by atoms with Gasteiger partial charge < -0.3 is 10.3 Å². The second-order valence-electron chi connectivity index (χ2n) is 4.07. The zero-order valence-corrected chi connectivity index (χ0v) is 11.1. The van der Waals surface area contributed by atoms with Crippen LogP contribution in [0.1, 0.15) is 21.6 Å². The van der Waals surface area contributed by atoms with Gasteiger partial charge in [-0.25, -0.2) is 9.37 Å². The van der Waals surface area contributed by atoms with E-state index in [1.165, 1.54) is 18.5 Å². The molecule has 2 rings (SSSR count). The predicted octanol–water partition coefficient (Wildman–Crippen LogP) is 2.52. The number of carbonyl (C=O) groups is 1. The predicted molar refractivity (Wildman–Crippen MR) is 71.7 cm³/mol. The minimum Gasteiger partial charge on any atom is -0.347 e. The average molecular weight is 277 g/mol. The van der Waals surface area contributed by atoms with Crippen molar-refractivity contribution in [1.29, 1.82) is 0 Å². The van der Waals surface area contributed by atoms with Crippen molar-refractivity contribution in [2.24, 2.45) is 0 Å². The molecular formula is C13H12FN3OS. The molecule has 0 aliphatic rings. The smallest absolute Gasteiger partial charge is 0.268 e. The van der Waals surface area contributed by atoms with Crippen molar-refractivity contribution in [2.45, 2.75) is 13.5 Å². The Hall–Kier alpha value is -2.08. The number of amides is 1. The molecule has 0 bridgehead atoms. The van der Waals surface area contributed by atoms with Crippen molar-refractivity contribution in [3.05, 3.63) is 57.9 Å². The van der Waals surface area contributed by atoms with E-state index in [9.17, 15) is 9.18 Å². The first-order valence-electron chi connectivity index (χ1n) is 5.64. The normalized spacial score (nSPS) is 10.2. The SMILES string of the molecule is Cc1cc(CNC(=O)c2cc(=S)nc[nH]2)ccc1F. The van der Waals surface area contributed by atoms with Gasteiger partial charge in [-0.05, 0) is 24.1 Å². The number of nitrogens with one attached hydrogen (secondary N) is 2. The number of carbonyl (C=O) groups excluding carboxylic acids is 1. The second kappa shape index (κ2) is 5.71. The molecule has 0 aliphatic heterocycles. The van der Waals surface area contributed by atoms with E-state index in [-0.39, 0.29) is 11.7 Å². The van der Waals surface area contributed by atoms with Crippen LogP contribution < -0.4 is 5.32 Å². The molecule has 98 valence electrons. The lowest BCUT2D eigenvalue weighted by Crippen LogP contribution is -2.23. The molecule has 0 unspecified atom stereocenters. The fourth-order valence-electron chi connectivity index (χ4n) is 1.59. The van der Waals surface area contributed by atoms with Crippen LogP contribution in [0.4, 0.5) is 4.39 Å². The Morgan fingerprint density at radius 2 is 2.26 bits per heavy atom. The highest BCUT2D eigenvalue weighted by atomic mass is 32.1. The van der Waals surface area contributed by atoms with Crippen molar-refractivity contribution >= 4 is 18.1 Å². The summed E-state index contributed by atoms with van der Waals surface area (Å²) < 4.78 is 13.4. The average Bonchev–Trinajstić information content (AvgIpc) is 2.40. The summed E-state index contributed by atoms with van der Waals surface area (Å²) in [5.74, 6) is -0.538. The maximum absolute atomic E-state index is 13.1. The monoisotopic (exact) mass is 277 g/mol. The Bertz CT molecular complexity index is 669. The van der Waals surface area contributed by atoms with Crippen LogP contribution >= 0.6 is 12.2 Å². The van der Waals surface area contributed by atoms with Gasteiger partial charge in [0.2, 0.25) is 0 Å². The molecule has 2 N–H and O–H groups in total. The highest BCUT2D eigenvalue weighted by Gasteiger charge is 2.06. The van der Waals surface area contributed by atoms with E-state index in [1.807, 2.05) is 0 Å². The van der Waals surface area contributed by atoms with Crippen LogP contribution in [-0.2, 0) is 6.54 Å². The number of nitrogens with zero attached hydrogens (tertiary/aromatic N) is 1. The van der Waals surface area contributed by atoms with Crippen LogP contribution in [0.15, 0.2) is 30.6 Å². The minimum absolute atomic E-state index is 0.256. The number of aryl methyl sites for hydroxylation is 1. The number of H-pyrrole nitrogens is 1. The molecule has 0 radical (unpaired) electrons. The minimum atomic E-state index is -0.282. The van der Waals surface area contributed by atoms with E-state index in [0.29, 0.717) is 22.4 Å². The molecule has 0 saturated carbocycles. The number of rotatable bonds is 3. The van der Waals surface area contributed by atoms with E-state index in [4.69, 9.17) is 12.2 Å². The Kier molecular flexibility index (Phi) is 4.01. The molecular weight excluding hydrogens is 265 g/mol. The number of halogens is 1. The first kappa shape index (κ1) is 13.4. The van der Waals surface area contributed by atoms with Gasteiger partial charge in [-0.15, -0.1) is 0 Å². The van der Waals surface area contributed by atoms with Crippen molar-refractivity contribution in [2.75, 3.05) is 0 Å². The van der Waals surface area contributed by atoms with Gasteiger partial charge in [0.15, 0.2) is 0 Å². The van der Waals surface area contributed by atoms with Gasteiger partial charge in [0.05, 0.1) is 6.33 Å². The lowest BCUT2D eigenvalue weighted by atomic mass is 10.1. The van der Waals surface area contributed by atoms with Crippen molar-refractivity contribution in [3.63, 3.8) is 0 Å². The summed E-state index contributed by atoms with van der Waals surface area (Å²) in [6, 6.07) is 6.21. The first-order chi connectivity index (χ1) is 9.06. The topological polar surface area (TPSA) is 57.8 Å². The van der Waals surface area contributed by atoms with Crippen LogP contribution in [0.5, 0.6) is 0 Å². The van der Waals surface area contributed by atoms with Gasteiger partial charge in [-0.1, -0.05) is 24.4 Å². The number of benzene rings is 1. The van der Waals surface area contributed by atoms with Crippen LogP contribution in [0.25, 0.3) is 0 Å². The van der Waals surface area contributed by atoms with E-state index in [1.54, 1.807) is 19.1 Å². The summed E-state index contributed by atoms with van der Waals surface area (Å²) in [6.07, 6.45) is 1.37. The van der Waals surface area contributed by atoms with Gasteiger partial charge in [-0.3, -0.25) is 4.79 Å². The lowest BCUT2D eigenvalue weighted by Gasteiger charge is -2.06. The van der Waals surface area contributed by atoms with Gasteiger partial charge >= 0.3 is 0 Å². The van der Waals surface area contributed by atoms with Crippen LogP contribution in [0, 0.1) is 17.4 Å². The molecule has 0 aliphatic carbocycles. The highest BCUT2D eigenvalue weighted by Crippen LogP contribution is 2.09. The van der Waals surface area contributed by atoms with E-state index >= 15 is 0 Å². The zero-order chi connectivity index (χ0) is 13.8. The van der Waals surface area contributed by atoms with Crippen molar-refractivity contribution in [1.82, 2.24) is 15.3 Å². The van der Waals surface area contributed by atoms with Gasteiger partial charge in [0, 0.05) is 12.6 Å². The largest absolute Gasteiger partial charge is 0.347 e. The van der Waals surface area contributed by atoms with E-state index < -0.39 is 0 Å². The number of hydrogen-bond donors (Lipinski definition) is 2. The lowest BCUT2D eigenvalue weighted by molar-refractivity contribution is 0.0945. The maximum atomic E-state index is 13.1. The van der Waals surface area contributed by atoms with Crippen LogP contribution in [0.3, 0.4) is 0 Å². The quantitative estimate of drug-likeness (QED) is 0.848. The Labute approximate surface area is 114 Å². The molecule has 0 spiro atoms. The van der Waals surface area contributed by atoms with Crippen molar-refractivity contribution in [3.8, 4) is 0 Å². The fourth-order valence-corrected chi connectivity index (χ4v) is 1.76. The third-order valence-corrected chi connectivity index (χ3v) is 2.82. The molecule has 1 aromatic heterocycles. The number of aromatic amines is 1. The van der Waals surface area contributed by atoms with Crippen LogP contribution in [-0.4, -0.2) is 15.9 Å². The van der Waals surface area contributed by atoms with E-state index in [2.05, 4.69) is 15.3 Å². The summed E-state index contributed by atoms with van der Waals surface area (Å²) in [5, 5.41) is 2.72. The molecule has 0 atom stereocenters. The molecule has 0 saturated heterocycles. The standard InChI is InChI=1S/C13H12FN3OS/c1-8-4-9(2-3-10(8)14)6-15-13(18)11-5-12(19)17-7-16-11/h2-5,7H,6H2,1H3,(H,15,18)(H,16,17,19). The Balaban J connectivity index is 2.04. The summed E-state index contributed by atoms with van der Waals surface area (Å²) in [6.45, 7) is 2.00. The summed E-state index contributed by atoms with van der Waals surface area (Å²) in [7, 11) is 0. The first-order valence-corrected chi connectivity index (χ1v) is 6.05. The molecule has 6 heteroatoms. The highest BCUT2D eigenvalue weighted by molar-refractivity contribution is 7.71. The third-order valence-electron chi connectivity index (χ3n) is 2.60. The molecule has 2 aromatic rings. The fraction of sp³-hybridized carbons (Fsp3) is 0.154. The Morgan fingerprint density at radius 3 is 2.95 bits per heavy atom. The summed E-state index contributed by atoms with van der Waals surface area (Å²) in [5.41, 5.74) is 1.73. The van der Waals surface area contributed by atoms with Gasteiger partial charge in [0.25, 0.3) is 5.91 Å². The number of aromatic nitrogens is 2. The van der Waals surface area contributed by atoms with Crippen LogP contribution in [0.2, 0.25) is 0 Å². The second-order valence-corrected chi connectivity index (χ2v) is 4.48. The molecule has 19 heavy (non-hydrogen) atoms. The van der Waals surface area contributed by atoms with E-state index in [0.717, 1.165) is 5.56 Å². The van der Waals surface area contributed by atoms with Gasteiger partial charge in [0.1, 0.15) is 16.2 Å². The number of hydrogen-bond acceptors (Lipinski definition) is 3. The van der Waals surface area contributed by atoms with Crippen molar-refractivity contribution < 1.29 is 9.18 Å². The molecule has 1 heterocycles. The zero-order valence-electron chi connectivity index (χ0n) is 10.2. The summed E-state index contributed by atoms with van der Waals surface area (Å²) >= 11 is 4.88. The molecule has 0 fully saturated rings. The Morgan fingerprint density at radius 1 is 1.47 bits per heavy atom. The molecule has 4 nitrogen and oxygen atoms in total. The summed E-state index contributed by atoms with van der Waals surface area (Å²) in [4.78, 5) is 18.3.